The molecule has 2 aromatic carbocycles. The predicted molar refractivity (Wildman–Crippen MR) is 160 cm³/mol. The van der Waals surface area contributed by atoms with Gasteiger partial charge in [-0.25, -0.2) is 0 Å². The van der Waals surface area contributed by atoms with E-state index >= 15 is 0 Å². The van der Waals surface area contributed by atoms with E-state index in [1.807, 2.05) is 78.9 Å². The van der Waals surface area contributed by atoms with E-state index in [2.05, 4.69) is 40.2 Å². The molecular formula is C32H38N2O4S. The maximum Gasteiger partial charge on any atom is 0.267 e. The first-order valence-corrected chi connectivity index (χ1v) is 15.1. The molecule has 0 unspecified atom stereocenters. The first-order chi connectivity index (χ1) is 19.1. The highest BCUT2D eigenvalue weighted by atomic mass is 32.2. The minimum absolute atomic E-state index is 0.0298. The molecule has 0 radical (unpaired) electrons. The Labute approximate surface area is 233 Å². The van der Waals surface area contributed by atoms with Gasteiger partial charge in [-0.1, -0.05) is 97.2 Å². The Morgan fingerprint density at radius 2 is 1.46 bits per heavy atom. The highest BCUT2D eigenvalue weighted by Crippen LogP contribution is 2.20. The fraction of sp³-hybridized carbons (Fsp3) is 0.312. The topological polar surface area (TPSA) is 59.1 Å². The second-order valence-corrected chi connectivity index (χ2v) is 11.4. The molecule has 2 aliphatic rings. The van der Waals surface area contributed by atoms with Gasteiger partial charge in [0, 0.05) is 32.6 Å². The van der Waals surface area contributed by atoms with Gasteiger partial charge >= 0.3 is 0 Å². The molecule has 0 aromatic heterocycles. The lowest BCUT2D eigenvalue weighted by molar-refractivity contribution is 0.247. The van der Waals surface area contributed by atoms with E-state index in [0.717, 1.165) is 49.4 Å². The lowest BCUT2D eigenvalue weighted by Gasteiger charge is -2.18. The quantitative estimate of drug-likeness (QED) is 0.254. The standard InChI is InChI=1S/C32H38N2O4S/c35-39(36,38-24-13-23-37-32-19-18-30-16-10-11-17-31(30)26-32)25-12-20-33-21-22-34(28-33)27-29-14-8-6-4-2-1-3-5-7-9-15-29/h1-11,14-19,26H,12-13,20-25,27-28H2/b2-1-,3-1?,4-2?,5-3-,6-4-,7-5?,8-6?,9-7-,14-8?,15-9?,29-14?,29-15?. The number of allylic oxidation sites excluding steroid dienone is 10. The van der Waals surface area contributed by atoms with E-state index in [1.165, 1.54) is 5.57 Å². The summed E-state index contributed by atoms with van der Waals surface area (Å²) < 4.78 is 35.7. The van der Waals surface area contributed by atoms with Crippen LogP contribution in [0.15, 0.2) is 115 Å². The van der Waals surface area contributed by atoms with Crippen LogP contribution in [0.1, 0.15) is 12.8 Å². The van der Waals surface area contributed by atoms with Crippen molar-refractivity contribution in [3.05, 3.63) is 115 Å². The Bertz CT molecular complexity index is 1360. The molecule has 0 amide bonds. The van der Waals surface area contributed by atoms with E-state index in [1.54, 1.807) is 0 Å². The zero-order chi connectivity index (χ0) is 27.2. The van der Waals surface area contributed by atoms with Crippen LogP contribution in [0.25, 0.3) is 10.8 Å². The molecule has 1 saturated heterocycles. The van der Waals surface area contributed by atoms with E-state index in [4.69, 9.17) is 8.92 Å². The summed E-state index contributed by atoms with van der Waals surface area (Å²) in [6, 6.07) is 14.0. The number of fused-ring (bicyclic) bond motifs is 1. The summed E-state index contributed by atoms with van der Waals surface area (Å²) in [4.78, 5) is 4.69. The molecule has 0 bridgehead atoms. The van der Waals surface area contributed by atoms with Crippen molar-refractivity contribution in [3.8, 4) is 5.75 Å². The monoisotopic (exact) mass is 546 g/mol. The summed E-state index contributed by atoms with van der Waals surface area (Å²) in [7, 11) is -3.54. The second-order valence-electron chi connectivity index (χ2n) is 9.60. The molecule has 1 fully saturated rings. The number of rotatable bonds is 12. The highest BCUT2D eigenvalue weighted by Gasteiger charge is 2.21. The maximum absolute atomic E-state index is 12.3. The van der Waals surface area contributed by atoms with Crippen molar-refractivity contribution in [2.75, 3.05) is 51.8 Å². The number of hydrogen-bond donors (Lipinski definition) is 0. The van der Waals surface area contributed by atoms with Crippen LogP contribution in [-0.4, -0.2) is 70.0 Å². The number of nitrogens with zero attached hydrogens (tertiary/aromatic N) is 2. The summed E-state index contributed by atoms with van der Waals surface area (Å²) >= 11 is 0. The minimum Gasteiger partial charge on any atom is -0.493 e. The van der Waals surface area contributed by atoms with Crippen LogP contribution in [0.2, 0.25) is 0 Å². The van der Waals surface area contributed by atoms with Crippen LogP contribution >= 0.6 is 0 Å². The molecule has 7 heteroatoms. The molecule has 39 heavy (non-hydrogen) atoms. The van der Waals surface area contributed by atoms with Crippen LogP contribution in [-0.2, 0) is 14.3 Å². The van der Waals surface area contributed by atoms with Gasteiger partial charge in [0.25, 0.3) is 10.1 Å². The molecule has 1 aliphatic heterocycles. The Morgan fingerprint density at radius 1 is 0.744 bits per heavy atom. The summed E-state index contributed by atoms with van der Waals surface area (Å²) in [5.74, 6) is 0.805. The third-order valence-electron chi connectivity index (χ3n) is 6.46. The average molecular weight is 547 g/mol. The van der Waals surface area contributed by atoms with Crippen LogP contribution in [0, 0.1) is 0 Å². The normalized spacial score (nSPS) is 20.2. The zero-order valence-electron chi connectivity index (χ0n) is 22.4. The highest BCUT2D eigenvalue weighted by molar-refractivity contribution is 7.86. The summed E-state index contributed by atoms with van der Waals surface area (Å²) in [6.45, 7) is 4.86. The number of benzene rings is 2. The Hall–Kier alpha value is -3.23. The summed E-state index contributed by atoms with van der Waals surface area (Å²) in [6.07, 6.45) is 23.6. The molecule has 1 heterocycles. The maximum atomic E-state index is 12.3. The first kappa shape index (κ1) is 28.8. The average Bonchev–Trinajstić information content (AvgIpc) is 3.37. The molecule has 2 aromatic rings. The minimum atomic E-state index is -3.54. The molecule has 0 saturated carbocycles. The molecular weight excluding hydrogens is 508 g/mol. The van der Waals surface area contributed by atoms with E-state index in [0.29, 0.717) is 19.4 Å². The van der Waals surface area contributed by atoms with Crippen molar-refractivity contribution in [2.24, 2.45) is 0 Å². The van der Waals surface area contributed by atoms with Crippen LogP contribution in [0.5, 0.6) is 5.75 Å². The van der Waals surface area contributed by atoms with Crippen LogP contribution in [0.3, 0.4) is 0 Å². The molecule has 206 valence electrons. The largest absolute Gasteiger partial charge is 0.493 e. The van der Waals surface area contributed by atoms with Gasteiger partial charge in [0.2, 0.25) is 0 Å². The molecule has 0 spiro atoms. The van der Waals surface area contributed by atoms with Gasteiger partial charge in [0.15, 0.2) is 0 Å². The van der Waals surface area contributed by atoms with Gasteiger partial charge < -0.3 is 4.74 Å². The lowest BCUT2D eigenvalue weighted by atomic mass is 10.1. The van der Waals surface area contributed by atoms with Crippen molar-refractivity contribution in [1.29, 1.82) is 0 Å². The van der Waals surface area contributed by atoms with Crippen molar-refractivity contribution < 1.29 is 17.3 Å². The van der Waals surface area contributed by atoms with Crippen molar-refractivity contribution in [3.63, 3.8) is 0 Å². The van der Waals surface area contributed by atoms with Gasteiger partial charge in [-0.05, 0) is 34.9 Å². The van der Waals surface area contributed by atoms with Crippen molar-refractivity contribution in [1.82, 2.24) is 9.80 Å². The summed E-state index contributed by atoms with van der Waals surface area (Å²) in [5, 5.41) is 2.28. The smallest absolute Gasteiger partial charge is 0.267 e. The third kappa shape index (κ3) is 10.5. The molecule has 6 nitrogen and oxygen atoms in total. The Morgan fingerprint density at radius 3 is 2.28 bits per heavy atom. The van der Waals surface area contributed by atoms with Gasteiger partial charge in [0.1, 0.15) is 5.75 Å². The fourth-order valence-electron chi connectivity index (χ4n) is 4.46. The molecule has 4 rings (SSSR count). The van der Waals surface area contributed by atoms with Crippen LogP contribution in [0.4, 0.5) is 0 Å². The predicted octanol–water partition coefficient (Wildman–Crippen LogP) is 5.64. The Balaban J connectivity index is 1.11. The van der Waals surface area contributed by atoms with Crippen molar-refractivity contribution >= 4 is 20.9 Å². The number of hydrogen-bond acceptors (Lipinski definition) is 6. The van der Waals surface area contributed by atoms with E-state index in [-0.39, 0.29) is 12.4 Å². The van der Waals surface area contributed by atoms with Gasteiger partial charge in [-0.2, -0.15) is 8.42 Å². The lowest BCUT2D eigenvalue weighted by Crippen LogP contribution is -2.28. The second kappa shape index (κ2) is 15.4. The zero-order valence-corrected chi connectivity index (χ0v) is 23.2. The van der Waals surface area contributed by atoms with Gasteiger partial charge in [0.05, 0.1) is 25.6 Å². The van der Waals surface area contributed by atoms with E-state index in [9.17, 15) is 8.42 Å². The van der Waals surface area contributed by atoms with Crippen LogP contribution < -0.4 is 4.74 Å². The Kier molecular flexibility index (Phi) is 11.3. The fourth-order valence-corrected chi connectivity index (χ4v) is 5.43. The molecule has 1 aliphatic carbocycles. The number of ether oxygens (including phenoxy) is 1. The van der Waals surface area contributed by atoms with E-state index < -0.39 is 10.1 Å². The van der Waals surface area contributed by atoms with Gasteiger partial charge in [-0.3, -0.25) is 14.0 Å². The SMILES string of the molecule is O=S(=O)(CCCN1CCN(CC2=C\C=C/C=C\C=C/C=C\C=C2)C1)OCCCOc1ccc2ccccc2c1. The molecule has 0 N–H and O–H groups in total. The summed E-state index contributed by atoms with van der Waals surface area (Å²) in [5.41, 5.74) is 1.23. The van der Waals surface area contributed by atoms with Gasteiger partial charge in [-0.15, -0.1) is 0 Å². The molecule has 0 atom stereocenters. The third-order valence-corrected chi connectivity index (χ3v) is 7.77. The van der Waals surface area contributed by atoms with Crippen molar-refractivity contribution in [2.45, 2.75) is 12.8 Å². The first-order valence-electron chi connectivity index (χ1n) is 13.5.